The number of aromatic nitrogens is 2. The Morgan fingerprint density at radius 1 is 1.21 bits per heavy atom. The van der Waals surface area contributed by atoms with E-state index in [0.717, 1.165) is 53.9 Å². The standard InChI is InChI=1S/C27H28N4O2S/c1-31-9-6-19(7-10-31)26-30-15-24(34-26)20-12-23(25(28)29-14-20)33-16-18-4-2-3-17(11-18)5-8-27(32)21-13-22(21)27/h2-4,11-12,14-15,19,21-22,32H,6-7,9-10,13,16H2,1H3,(H2,28,29). The molecule has 3 fully saturated rings. The molecule has 34 heavy (non-hydrogen) atoms. The van der Waals surface area contributed by atoms with E-state index in [4.69, 9.17) is 15.5 Å². The first-order valence-electron chi connectivity index (χ1n) is 11.9. The van der Waals surface area contributed by atoms with Gasteiger partial charge in [0.1, 0.15) is 12.2 Å². The molecule has 2 atom stereocenters. The molecule has 6 nitrogen and oxygen atoms in total. The van der Waals surface area contributed by atoms with Gasteiger partial charge < -0.3 is 20.5 Å². The van der Waals surface area contributed by atoms with Gasteiger partial charge in [-0.2, -0.15) is 0 Å². The fourth-order valence-electron chi connectivity index (χ4n) is 4.74. The summed E-state index contributed by atoms with van der Waals surface area (Å²) < 4.78 is 6.05. The number of nitrogens with two attached hydrogens (primary N) is 1. The Morgan fingerprint density at radius 3 is 2.79 bits per heavy atom. The van der Waals surface area contributed by atoms with Crippen LogP contribution < -0.4 is 10.5 Å². The molecule has 3 aromatic rings. The molecule has 2 aromatic heterocycles. The van der Waals surface area contributed by atoms with E-state index in [2.05, 4.69) is 28.8 Å². The van der Waals surface area contributed by atoms with Crippen LogP contribution >= 0.6 is 11.3 Å². The number of fused-ring (bicyclic) bond motifs is 1. The van der Waals surface area contributed by atoms with Crippen molar-refractivity contribution in [3.8, 4) is 28.0 Å². The summed E-state index contributed by atoms with van der Waals surface area (Å²) in [7, 11) is 2.18. The Hall–Kier alpha value is -2.92. The minimum Gasteiger partial charge on any atom is -0.485 e. The molecule has 0 radical (unpaired) electrons. The first-order chi connectivity index (χ1) is 16.5. The van der Waals surface area contributed by atoms with Crippen molar-refractivity contribution in [2.75, 3.05) is 25.9 Å². The third-order valence-corrected chi connectivity index (χ3v) is 8.51. The number of hydrogen-bond acceptors (Lipinski definition) is 7. The van der Waals surface area contributed by atoms with Crippen LogP contribution in [-0.2, 0) is 6.61 Å². The molecule has 0 amide bonds. The molecule has 3 heterocycles. The van der Waals surface area contributed by atoms with Crippen LogP contribution in [0.1, 0.15) is 41.3 Å². The summed E-state index contributed by atoms with van der Waals surface area (Å²) in [5, 5.41) is 11.4. The van der Waals surface area contributed by atoms with Crippen molar-refractivity contribution in [3.05, 3.63) is 58.9 Å². The SMILES string of the molecule is CN1CCC(c2ncc(-c3cnc(N)c(OCc4cccc(C#CC5(O)C6CC65)c4)c3)s2)CC1. The number of nitrogen functional groups attached to an aromatic ring is 1. The summed E-state index contributed by atoms with van der Waals surface area (Å²) >= 11 is 1.74. The smallest absolute Gasteiger partial charge is 0.166 e. The summed E-state index contributed by atoms with van der Waals surface area (Å²) in [5.41, 5.74) is 8.23. The predicted octanol–water partition coefficient (Wildman–Crippen LogP) is 3.91. The van der Waals surface area contributed by atoms with Crippen LogP contribution in [0.25, 0.3) is 10.4 Å². The largest absolute Gasteiger partial charge is 0.485 e. The second kappa shape index (κ2) is 8.38. The first kappa shape index (κ1) is 21.6. The fourth-order valence-corrected chi connectivity index (χ4v) is 5.81. The van der Waals surface area contributed by atoms with Crippen LogP contribution in [0.15, 0.2) is 42.7 Å². The monoisotopic (exact) mass is 472 g/mol. The molecular formula is C27H28N4O2S. The van der Waals surface area contributed by atoms with Gasteiger partial charge >= 0.3 is 0 Å². The molecule has 2 unspecified atom stereocenters. The van der Waals surface area contributed by atoms with Gasteiger partial charge in [-0.3, -0.25) is 0 Å². The van der Waals surface area contributed by atoms with Crippen molar-refractivity contribution in [1.82, 2.24) is 14.9 Å². The number of hydrogen-bond donors (Lipinski definition) is 2. The van der Waals surface area contributed by atoms with E-state index < -0.39 is 5.60 Å². The number of nitrogens with zero attached hydrogens (tertiary/aromatic N) is 3. The molecule has 3 N–H and O–H groups in total. The highest BCUT2D eigenvalue weighted by molar-refractivity contribution is 7.15. The lowest BCUT2D eigenvalue weighted by Crippen LogP contribution is -2.29. The number of ether oxygens (including phenoxy) is 1. The molecule has 0 spiro atoms. The van der Waals surface area contributed by atoms with E-state index >= 15 is 0 Å². The molecular weight excluding hydrogens is 444 g/mol. The molecule has 7 heteroatoms. The average Bonchev–Trinajstić information content (AvgIpc) is 3.71. The van der Waals surface area contributed by atoms with Crippen molar-refractivity contribution < 1.29 is 9.84 Å². The number of thiazole rings is 1. The quantitative estimate of drug-likeness (QED) is 0.548. The van der Waals surface area contributed by atoms with Gasteiger partial charge in [-0.1, -0.05) is 24.0 Å². The van der Waals surface area contributed by atoms with E-state index in [1.807, 2.05) is 36.5 Å². The molecule has 1 aliphatic heterocycles. The zero-order valence-corrected chi connectivity index (χ0v) is 20.0. The fraction of sp³-hybridized carbons (Fsp3) is 0.407. The minimum atomic E-state index is -0.725. The van der Waals surface area contributed by atoms with Crippen molar-refractivity contribution in [2.24, 2.45) is 11.8 Å². The highest BCUT2D eigenvalue weighted by atomic mass is 32.1. The summed E-state index contributed by atoms with van der Waals surface area (Å²) in [4.78, 5) is 12.5. The lowest BCUT2D eigenvalue weighted by atomic mass is 9.98. The molecule has 1 aromatic carbocycles. The normalized spacial score (nSPS) is 25.8. The zero-order valence-electron chi connectivity index (χ0n) is 19.2. The van der Waals surface area contributed by atoms with E-state index in [1.54, 1.807) is 17.5 Å². The van der Waals surface area contributed by atoms with Crippen molar-refractivity contribution in [3.63, 3.8) is 0 Å². The summed E-state index contributed by atoms with van der Waals surface area (Å²) in [6.45, 7) is 2.61. The van der Waals surface area contributed by atoms with Gasteiger partial charge in [0.15, 0.2) is 11.6 Å². The van der Waals surface area contributed by atoms with Crippen LogP contribution in [0.4, 0.5) is 5.82 Å². The maximum atomic E-state index is 10.2. The summed E-state index contributed by atoms with van der Waals surface area (Å²) in [6, 6.07) is 9.86. The number of pyridine rings is 1. The molecule has 3 aliphatic rings. The van der Waals surface area contributed by atoms with Crippen LogP contribution in [-0.4, -0.2) is 45.7 Å². The molecule has 174 valence electrons. The highest BCUT2D eigenvalue weighted by Gasteiger charge is 2.76. The second-order valence-corrected chi connectivity index (χ2v) is 10.8. The van der Waals surface area contributed by atoms with E-state index in [0.29, 0.717) is 35.9 Å². The maximum Gasteiger partial charge on any atom is 0.166 e. The van der Waals surface area contributed by atoms with Gasteiger partial charge in [-0.25, -0.2) is 9.97 Å². The molecule has 0 bridgehead atoms. The van der Waals surface area contributed by atoms with Crippen LogP contribution in [0.3, 0.4) is 0 Å². The molecule has 6 rings (SSSR count). The number of rotatable bonds is 5. The Labute approximate surface area is 203 Å². The van der Waals surface area contributed by atoms with E-state index in [9.17, 15) is 5.11 Å². The lowest BCUT2D eigenvalue weighted by molar-refractivity contribution is 0.151. The third-order valence-electron chi connectivity index (χ3n) is 7.30. The van der Waals surface area contributed by atoms with E-state index in [-0.39, 0.29) is 0 Å². The molecule has 1 saturated heterocycles. The Bertz CT molecular complexity index is 1280. The lowest BCUT2D eigenvalue weighted by Gasteiger charge is -2.27. The Morgan fingerprint density at radius 2 is 2.03 bits per heavy atom. The van der Waals surface area contributed by atoms with Gasteiger partial charge in [-0.15, -0.1) is 11.3 Å². The Kier molecular flexibility index (Phi) is 5.33. The second-order valence-electron chi connectivity index (χ2n) is 9.76. The van der Waals surface area contributed by atoms with Crippen LogP contribution in [0.2, 0.25) is 0 Å². The van der Waals surface area contributed by atoms with Gasteiger partial charge in [-0.05, 0) is 63.2 Å². The van der Waals surface area contributed by atoms with Crippen molar-refractivity contribution in [1.29, 1.82) is 0 Å². The predicted molar refractivity (Wildman–Crippen MR) is 133 cm³/mol. The molecule has 2 saturated carbocycles. The highest BCUT2D eigenvalue weighted by Crippen LogP contribution is 2.70. The minimum absolute atomic E-state index is 0.365. The zero-order chi connectivity index (χ0) is 23.3. The van der Waals surface area contributed by atoms with E-state index in [1.165, 1.54) is 5.01 Å². The number of anilines is 1. The van der Waals surface area contributed by atoms with Crippen molar-refractivity contribution >= 4 is 17.2 Å². The molecule has 2 aliphatic carbocycles. The van der Waals surface area contributed by atoms with Gasteiger partial charge in [0.05, 0.1) is 9.88 Å². The van der Waals surface area contributed by atoms with Crippen molar-refractivity contribution in [2.45, 2.75) is 37.4 Å². The third kappa shape index (κ3) is 4.18. The number of likely N-dealkylation sites (tertiary alicyclic amines) is 1. The number of benzene rings is 1. The number of piperidine rings is 1. The summed E-state index contributed by atoms with van der Waals surface area (Å²) in [6.07, 6.45) is 7.16. The van der Waals surface area contributed by atoms with Gasteiger partial charge in [0.2, 0.25) is 0 Å². The first-order valence-corrected chi connectivity index (χ1v) is 12.7. The van der Waals surface area contributed by atoms with Crippen LogP contribution in [0, 0.1) is 23.7 Å². The Balaban J connectivity index is 1.13. The topological polar surface area (TPSA) is 84.5 Å². The van der Waals surface area contributed by atoms with Crippen LogP contribution in [0.5, 0.6) is 5.75 Å². The summed E-state index contributed by atoms with van der Waals surface area (Å²) in [5.74, 6) is 8.45. The maximum absolute atomic E-state index is 10.2. The average molecular weight is 473 g/mol. The number of aliphatic hydroxyl groups is 1. The van der Waals surface area contributed by atoms with Gasteiger partial charge in [0, 0.05) is 41.3 Å². The van der Waals surface area contributed by atoms with Gasteiger partial charge in [0.25, 0.3) is 0 Å².